The van der Waals surface area contributed by atoms with Gasteiger partial charge in [0.25, 0.3) is 0 Å². The standard InChI is InChI=1S/C31H23IN2S/c1-3-10-22(19-20-33-28-14-7-4-11-23(28)24-12-5-8-15-29(24)33)34(32)27-18-17-26-25-13-6-9-16-30(25)35-31(26)21(27)2/h3-20H,1H2,2H3/b20-19-,22-10+. The molecule has 4 aromatic carbocycles. The van der Waals surface area contributed by atoms with Crippen LogP contribution in [0.3, 0.4) is 0 Å². The summed E-state index contributed by atoms with van der Waals surface area (Å²) in [5.74, 6) is 0. The highest BCUT2D eigenvalue weighted by Crippen LogP contribution is 2.41. The maximum absolute atomic E-state index is 3.98. The summed E-state index contributed by atoms with van der Waals surface area (Å²) in [7, 11) is 0. The molecule has 4 heteroatoms. The summed E-state index contributed by atoms with van der Waals surface area (Å²) in [6.07, 6.45) is 8.25. The van der Waals surface area contributed by atoms with Crippen LogP contribution >= 0.6 is 34.2 Å². The number of thiophene rings is 1. The van der Waals surface area contributed by atoms with Gasteiger partial charge in [-0.05, 0) is 48.9 Å². The van der Waals surface area contributed by atoms with Crippen LogP contribution in [-0.4, -0.2) is 4.57 Å². The van der Waals surface area contributed by atoms with E-state index in [1.54, 1.807) is 0 Å². The first kappa shape index (κ1) is 22.1. The zero-order valence-corrected chi connectivity index (χ0v) is 22.3. The average Bonchev–Trinajstić information content (AvgIpc) is 3.43. The molecule has 0 unspecified atom stereocenters. The van der Waals surface area contributed by atoms with E-state index in [-0.39, 0.29) is 0 Å². The number of hydrogen-bond acceptors (Lipinski definition) is 2. The van der Waals surface area contributed by atoms with E-state index in [2.05, 4.69) is 147 Å². The zero-order valence-electron chi connectivity index (χ0n) is 19.3. The van der Waals surface area contributed by atoms with Gasteiger partial charge in [-0.15, -0.1) is 11.3 Å². The summed E-state index contributed by atoms with van der Waals surface area (Å²) in [6, 6.07) is 30.3. The van der Waals surface area contributed by atoms with Crippen molar-refractivity contribution in [3.05, 3.63) is 121 Å². The highest BCUT2D eigenvalue weighted by molar-refractivity contribution is 14.1. The number of aryl methyl sites for hydroxylation is 1. The predicted octanol–water partition coefficient (Wildman–Crippen LogP) is 9.87. The van der Waals surface area contributed by atoms with Crippen LogP contribution < -0.4 is 3.11 Å². The highest BCUT2D eigenvalue weighted by Gasteiger charge is 2.15. The topological polar surface area (TPSA) is 8.17 Å². The molecule has 6 aromatic rings. The molecule has 0 N–H and O–H groups in total. The summed E-state index contributed by atoms with van der Waals surface area (Å²) in [6.45, 7) is 6.20. The van der Waals surface area contributed by atoms with Crippen LogP contribution in [0.15, 0.2) is 115 Å². The number of hydrogen-bond donors (Lipinski definition) is 0. The quantitative estimate of drug-likeness (QED) is 0.112. The summed E-state index contributed by atoms with van der Waals surface area (Å²) in [4.78, 5) is 0. The molecule has 2 aromatic heterocycles. The van der Waals surface area contributed by atoms with E-state index in [1.165, 1.54) is 53.2 Å². The van der Waals surface area contributed by atoms with Crippen molar-refractivity contribution in [1.82, 2.24) is 4.57 Å². The number of fused-ring (bicyclic) bond motifs is 6. The van der Waals surface area contributed by atoms with Crippen LogP contribution in [0, 0.1) is 6.92 Å². The fraction of sp³-hybridized carbons (Fsp3) is 0.0323. The SMILES string of the molecule is C=C/C=C(\C=C/n1c2ccccc2c2ccccc21)N(I)c1ccc2c(sc3ccccc32)c1C. The minimum Gasteiger partial charge on any atom is -0.316 e. The lowest BCUT2D eigenvalue weighted by molar-refractivity contribution is 1.27. The van der Waals surface area contributed by atoms with E-state index in [4.69, 9.17) is 0 Å². The number of aromatic nitrogens is 1. The van der Waals surface area contributed by atoms with Crippen LogP contribution in [0.2, 0.25) is 0 Å². The predicted molar refractivity (Wildman–Crippen MR) is 164 cm³/mol. The van der Waals surface area contributed by atoms with Crippen molar-refractivity contribution in [2.75, 3.05) is 3.11 Å². The van der Waals surface area contributed by atoms with Crippen molar-refractivity contribution in [2.24, 2.45) is 0 Å². The molecule has 0 fully saturated rings. The van der Waals surface area contributed by atoms with Gasteiger partial charge in [-0.3, -0.25) is 3.11 Å². The summed E-state index contributed by atoms with van der Waals surface area (Å²) >= 11 is 4.28. The minimum absolute atomic E-state index is 1.06. The van der Waals surface area contributed by atoms with E-state index in [1.807, 2.05) is 17.4 Å². The molecule has 0 radical (unpaired) electrons. The molecular formula is C31H23IN2S. The summed E-state index contributed by atoms with van der Waals surface area (Å²) in [5.41, 5.74) is 5.94. The van der Waals surface area contributed by atoms with Gasteiger partial charge in [-0.25, -0.2) is 0 Å². The van der Waals surface area contributed by atoms with E-state index < -0.39 is 0 Å². The van der Waals surface area contributed by atoms with Crippen molar-refractivity contribution in [1.29, 1.82) is 0 Å². The fourth-order valence-corrected chi connectivity index (χ4v) is 6.88. The molecule has 170 valence electrons. The third-order valence-corrected chi connectivity index (χ3v) is 8.89. The maximum atomic E-state index is 3.98. The fourth-order valence-electron chi connectivity index (χ4n) is 4.84. The second kappa shape index (κ2) is 9.02. The Morgan fingerprint density at radius 3 is 2.14 bits per heavy atom. The monoisotopic (exact) mass is 582 g/mol. The molecule has 0 saturated carbocycles. The van der Waals surface area contributed by atoms with Crippen LogP contribution in [0.5, 0.6) is 0 Å². The third-order valence-electron chi connectivity index (χ3n) is 6.51. The van der Waals surface area contributed by atoms with Gasteiger partial charge in [0.1, 0.15) is 0 Å². The molecule has 0 aliphatic rings. The molecule has 35 heavy (non-hydrogen) atoms. The number of nitrogens with zero attached hydrogens (tertiary/aromatic N) is 2. The maximum Gasteiger partial charge on any atom is 0.0646 e. The lowest BCUT2D eigenvalue weighted by atomic mass is 10.1. The normalized spacial score (nSPS) is 12.5. The van der Waals surface area contributed by atoms with E-state index >= 15 is 0 Å². The molecule has 0 atom stereocenters. The zero-order chi connectivity index (χ0) is 23.9. The van der Waals surface area contributed by atoms with Gasteiger partial charge in [-0.2, -0.15) is 0 Å². The second-order valence-corrected chi connectivity index (χ2v) is 10.5. The van der Waals surface area contributed by atoms with Gasteiger partial charge in [0.2, 0.25) is 0 Å². The number of allylic oxidation sites excluding steroid dienone is 3. The third kappa shape index (κ3) is 3.68. The molecule has 0 aliphatic heterocycles. The van der Waals surface area contributed by atoms with Gasteiger partial charge >= 0.3 is 0 Å². The number of halogens is 1. The van der Waals surface area contributed by atoms with Crippen LogP contribution in [0.4, 0.5) is 5.69 Å². The molecule has 2 nitrogen and oxygen atoms in total. The Morgan fingerprint density at radius 2 is 1.46 bits per heavy atom. The lowest BCUT2D eigenvalue weighted by Crippen LogP contribution is -2.08. The van der Waals surface area contributed by atoms with Gasteiger partial charge in [0, 0.05) is 37.1 Å². The van der Waals surface area contributed by atoms with Crippen LogP contribution in [-0.2, 0) is 0 Å². The molecule has 0 spiro atoms. The molecular weight excluding hydrogens is 559 g/mol. The Kier molecular flexibility index (Phi) is 5.71. The summed E-state index contributed by atoms with van der Waals surface area (Å²) < 4.78 is 7.17. The van der Waals surface area contributed by atoms with Gasteiger partial charge in [0.15, 0.2) is 0 Å². The number of para-hydroxylation sites is 2. The molecule has 6 rings (SSSR count). The van der Waals surface area contributed by atoms with Crippen LogP contribution in [0.25, 0.3) is 48.2 Å². The van der Waals surface area contributed by atoms with Crippen molar-refractivity contribution >= 4 is 88.1 Å². The number of rotatable bonds is 5. The Balaban J connectivity index is 1.44. The highest BCUT2D eigenvalue weighted by atomic mass is 127. The minimum atomic E-state index is 1.06. The molecule has 2 heterocycles. The van der Waals surface area contributed by atoms with Crippen molar-refractivity contribution < 1.29 is 0 Å². The van der Waals surface area contributed by atoms with Crippen molar-refractivity contribution in [2.45, 2.75) is 6.92 Å². The van der Waals surface area contributed by atoms with E-state index in [0.717, 1.165) is 5.70 Å². The first-order chi connectivity index (χ1) is 17.2. The first-order valence-electron chi connectivity index (χ1n) is 11.5. The second-order valence-electron chi connectivity index (χ2n) is 8.51. The first-order valence-corrected chi connectivity index (χ1v) is 13.3. The Labute approximate surface area is 222 Å². The smallest absolute Gasteiger partial charge is 0.0646 e. The average molecular weight is 583 g/mol. The Bertz CT molecular complexity index is 1750. The van der Waals surface area contributed by atoms with Crippen molar-refractivity contribution in [3.63, 3.8) is 0 Å². The Morgan fingerprint density at radius 1 is 0.829 bits per heavy atom. The lowest BCUT2D eigenvalue weighted by Gasteiger charge is -2.20. The van der Waals surface area contributed by atoms with Crippen molar-refractivity contribution in [3.8, 4) is 0 Å². The Hall–Kier alpha value is -3.35. The molecule has 0 amide bonds. The summed E-state index contributed by atoms with van der Waals surface area (Å²) in [5, 5.41) is 5.18. The molecule has 0 saturated heterocycles. The van der Waals surface area contributed by atoms with E-state index in [9.17, 15) is 0 Å². The largest absolute Gasteiger partial charge is 0.316 e. The number of anilines is 1. The van der Waals surface area contributed by atoms with Gasteiger partial charge in [-0.1, -0.05) is 73.3 Å². The molecule has 0 aliphatic carbocycles. The molecule has 0 bridgehead atoms. The van der Waals surface area contributed by atoms with Gasteiger partial charge in [0.05, 0.1) is 45.3 Å². The van der Waals surface area contributed by atoms with Crippen LogP contribution in [0.1, 0.15) is 5.56 Å². The van der Waals surface area contributed by atoms with Gasteiger partial charge < -0.3 is 4.57 Å². The van der Waals surface area contributed by atoms with E-state index in [0.29, 0.717) is 0 Å². The number of benzene rings is 4.